The van der Waals surface area contributed by atoms with E-state index in [1.165, 1.54) is 10.4 Å². The van der Waals surface area contributed by atoms with Crippen molar-refractivity contribution in [3.63, 3.8) is 0 Å². The monoisotopic (exact) mass is 486 g/mol. The normalized spacial score (nSPS) is 15.5. The first-order valence-electron chi connectivity index (χ1n) is 10.2. The van der Waals surface area contributed by atoms with Crippen molar-refractivity contribution in [2.24, 2.45) is 0 Å². The number of sulfonamides is 1. The van der Waals surface area contributed by atoms with Crippen LogP contribution in [0.3, 0.4) is 0 Å². The lowest BCUT2D eigenvalue weighted by molar-refractivity contribution is -0.122. The molecule has 0 saturated heterocycles. The zero-order chi connectivity index (χ0) is 23.6. The van der Waals surface area contributed by atoms with Crippen LogP contribution >= 0.6 is 11.6 Å². The number of amides is 1. The van der Waals surface area contributed by atoms with Crippen LogP contribution in [0.1, 0.15) is 11.1 Å². The van der Waals surface area contributed by atoms with E-state index >= 15 is 0 Å². The number of aryl methyl sites for hydroxylation is 1. The Bertz CT molecular complexity index is 1280. The molecule has 0 fully saturated rings. The molecule has 0 bridgehead atoms. The summed E-state index contributed by atoms with van der Waals surface area (Å²) in [5, 5.41) is 3.17. The van der Waals surface area contributed by atoms with Crippen molar-refractivity contribution in [1.29, 1.82) is 0 Å². The molecular formula is C24H23ClN2O5S. The molecule has 172 valence electrons. The summed E-state index contributed by atoms with van der Waals surface area (Å²) in [7, 11) is -2.37. The van der Waals surface area contributed by atoms with Gasteiger partial charge in [0.2, 0.25) is 0 Å². The predicted molar refractivity (Wildman–Crippen MR) is 127 cm³/mol. The summed E-state index contributed by atoms with van der Waals surface area (Å²) >= 11 is 6.14. The fourth-order valence-electron chi connectivity index (χ4n) is 3.55. The Balaban J connectivity index is 1.65. The minimum atomic E-state index is -3.96. The standard InChI is InChI=1S/C24H23ClN2O5S/c1-16-6-9-20(10-7-16)33(29,30)27-14-23(32-22-11-8-18(25)13-21(22)27)24(28)26-19-5-3-4-17(12-19)15-31-2/h3-13,23H,14-15H2,1-2H3,(H,26,28)/t23-/m0/s1. The van der Waals surface area contributed by atoms with Gasteiger partial charge in [-0.25, -0.2) is 8.42 Å². The number of methoxy groups -OCH3 is 1. The maximum absolute atomic E-state index is 13.5. The Morgan fingerprint density at radius 2 is 1.91 bits per heavy atom. The molecule has 4 rings (SSSR count). The Morgan fingerprint density at radius 3 is 2.64 bits per heavy atom. The van der Waals surface area contributed by atoms with E-state index < -0.39 is 22.0 Å². The molecule has 7 nitrogen and oxygen atoms in total. The molecule has 1 aliphatic rings. The van der Waals surface area contributed by atoms with Crippen molar-refractivity contribution in [1.82, 2.24) is 0 Å². The number of carbonyl (C=O) groups is 1. The molecule has 0 unspecified atom stereocenters. The number of hydrogen-bond donors (Lipinski definition) is 1. The molecule has 9 heteroatoms. The summed E-state index contributed by atoms with van der Waals surface area (Å²) in [5.41, 5.74) is 2.68. The van der Waals surface area contributed by atoms with Crippen molar-refractivity contribution in [2.45, 2.75) is 24.5 Å². The highest BCUT2D eigenvalue weighted by Crippen LogP contribution is 2.39. The molecule has 1 heterocycles. The molecule has 0 saturated carbocycles. The van der Waals surface area contributed by atoms with Gasteiger partial charge >= 0.3 is 0 Å². The second kappa shape index (κ2) is 9.43. The van der Waals surface area contributed by atoms with E-state index in [-0.39, 0.29) is 22.9 Å². The molecule has 1 atom stereocenters. The third-order valence-electron chi connectivity index (χ3n) is 5.20. The van der Waals surface area contributed by atoms with Gasteiger partial charge in [-0.1, -0.05) is 41.4 Å². The van der Waals surface area contributed by atoms with Crippen LogP contribution in [0.4, 0.5) is 11.4 Å². The molecule has 3 aromatic rings. The number of anilines is 2. The molecule has 1 aliphatic heterocycles. The number of hydrogen-bond acceptors (Lipinski definition) is 5. The lowest BCUT2D eigenvalue weighted by Gasteiger charge is -2.35. The number of fused-ring (bicyclic) bond motifs is 1. The molecule has 0 aliphatic carbocycles. The summed E-state index contributed by atoms with van der Waals surface area (Å²) < 4.78 is 39.2. The van der Waals surface area contributed by atoms with Crippen molar-refractivity contribution >= 4 is 38.9 Å². The maximum Gasteiger partial charge on any atom is 0.267 e. The number of rotatable bonds is 6. The fourth-order valence-corrected chi connectivity index (χ4v) is 5.19. The summed E-state index contributed by atoms with van der Waals surface area (Å²) in [5.74, 6) is -0.205. The second-order valence-electron chi connectivity index (χ2n) is 7.69. The van der Waals surface area contributed by atoms with Gasteiger partial charge in [0.25, 0.3) is 15.9 Å². The number of carbonyl (C=O) groups excluding carboxylic acids is 1. The number of halogens is 1. The van der Waals surface area contributed by atoms with Gasteiger partial charge in [-0.05, 0) is 55.0 Å². The first kappa shape index (κ1) is 23.1. The molecule has 1 N–H and O–H groups in total. The van der Waals surface area contributed by atoms with Crippen molar-refractivity contribution < 1.29 is 22.7 Å². The molecule has 33 heavy (non-hydrogen) atoms. The number of nitrogens with one attached hydrogen (secondary N) is 1. The van der Waals surface area contributed by atoms with E-state index in [0.717, 1.165) is 11.1 Å². The quantitative estimate of drug-likeness (QED) is 0.558. The summed E-state index contributed by atoms with van der Waals surface area (Å²) in [4.78, 5) is 13.2. The van der Waals surface area contributed by atoms with E-state index in [1.54, 1.807) is 61.7 Å². The first-order valence-corrected chi connectivity index (χ1v) is 12.0. The van der Waals surface area contributed by atoms with Crippen LogP contribution in [0.25, 0.3) is 0 Å². The molecular weight excluding hydrogens is 464 g/mol. The van der Waals surface area contributed by atoms with Crippen LogP contribution in [-0.4, -0.2) is 34.1 Å². The van der Waals surface area contributed by atoms with Gasteiger partial charge in [0.1, 0.15) is 5.75 Å². The Morgan fingerprint density at radius 1 is 1.15 bits per heavy atom. The highest BCUT2D eigenvalue weighted by Gasteiger charge is 2.37. The Hall–Kier alpha value is -3.07. The van der Waals surface area contributed by atoms with Crippen molar-refractivity contribution in [3.05, 3.63) is 82.9 Å². The van der Waals surface area contributed by atoms with Gasteiger partial charge < -0.3 is 14.8 Å². The number of nitrogens with zero attached hydrogens (tertiary/aromatic N) is 1. The van der Waals surface area contributed by atoms with E-state index in [0.29, 0.717) is 17.3 Å². The molecule has 0 aromatic heterocycles. The fraction of sp³-hybridized carbons (Fsp3) is 0.208. The van der Waals surface area contributed by atoms with Crippen LogP contribution in [-0.2, 0) is 26.2 Å². The molecule has 1 amide bonds. The Labute approximate surface area is 197 Å². The topological polar surface area (TPSA) is 84.9 Å². The molecule has 0 spiro atoms. The maximum atomic E-state index is 13.5. The van der Waals surface area contributed by atoms with E-state index in [2.05, 4.69) is 5.32 Å². The SMILES string of the molecule is COCc1cccc(NC(=O)[C@@H]2CN(S(=O)(=O)c3ccc(C)cc3)c3cc(Cl)ccc3O2)c1. The largest absolute Gasteiger partial charge is 0.476 e. The van der Waals surface area contributed by atoms with Gasteiger partial charge in [0.05, 0.1) is 23.7 Å². The molecule has 0 radical (unpaired) electrons. The van der Waals surface area contributed by atoms with Crippen molar-refractivity contribution in [3.8, 4) is 5.75 Å². The van der Waals surface area contributed by atoms with Crippen LogP contribution in [0.15, 0.2) is 71.6 Å². The minimum absolute atomic E-state index is 0.118. The van der Waals surface area contributed by atoms with E-state index in [4.69, 9.17) is 21.1 Å². The van der Waals surface area contributed by atoms with Crippen LogP contribution < -0.4 is 14.4 Å². The smallest absolute Gasteiger partial charge is 0.267 e. The second-order valence-corrected chi connectivity index (χ2v) is 9.99. The summed E-state index contributed by atoms with van der Waals surface area (Å²) in [6.45, 7) is 2.08. The van der Waals surface area contributed by atoms with Crippen molar-refractivity contribution in [2.75, 3.05) is 23.3 Å². The highest BCUT2D eigenvalue weighted by molar-refractivity contribution is 7.92. The minimum Gasteiger partial charge on any atom is -0.476 e. The van der Waals surface area contributed by atoms with Crippen LogP contribution in [0.2, 0.25) is 5.02 Å². The lowest BCUT2D eigenvalue weighted by Crippen LogP contribution is -2.48. The number of ether oxygens (including phenoxy) is 2. The third-order valence-corrected chi connectivity index (χ3v) is 7.23. The average molecular weight is 487 g/mol. The first-order chi connectivity index (χ1) is 15.8. The highest BCUT2D eigenvalue weighted by atomic mass is 35.5. The number of benzene rings is 3. The van der Waals surface area contributed by atoms with Gasteiger partial charge in [0, 0.05) is 17.8 Å². The summed E-state index contributed by atoms with van der Waals surface area (Å²) in [6.07, 6.45) is -1.06. The zero-order valence-corrected chi connectivity index (χ0v) is 19.7. The molecule has 3 aromatic carbocycles. The Kier molecular flexibility index (Phi) is 6.60. The third kappa shape index (κ3) is 4.98. The van der Waals surface area contributed by atoms with Gasteiger partial charge in [-0.15, -0.1) is 0 Å². The van der Waals surface area contributed by atoms with E-state index in [9.17, 15) is 13.2 Å². The predicted octanol–water partition coefficient (Wildman–Crippen LogP) is 4.39. The van der Waals surface area contributed by atoms with Crippen LogP contribution in [0.5, 0.6) is 5.75 Å². The zero-order valence-electron chi connectivity index (χ0n) is 18.1. The van der Waals surface area contributed by atoms with Crippen LogP contribution in [0, 0.1) is 6.92 Å². The average Bonchev–Trinajstić information content (AvgIpc) is 2.79. The van der Waals surface area contributed by atoms with Gasteiger partial charge in [-0.3, -0.25) is 9.10 Å². The van der Waals surface area contributed by atoms with Gasteiger partial charge in [-0.2, -0.15) is 0 Å². The van der Waals surface area contributed by atoms with E-state index in [1.807, 2.05) is 13.0 Å². The van der Waals surface area contributed by atoms with Gasteiger partial charge in [0.15, 0.2) is 6.10 Å². The summed E-state index contributed by atoms with van der Waals surface area (Å²) in [6, 6.07) is 18.4. The lowest BCUT2D eigenvalue weighted by atomic mass is 10.2.